The first kappa shape index (κ1) is 17.8. The van der Waals surface area contributed by atoms with Gasteiger partial charge in [0.1, 0.15) is 5.75 Å². The van der Waals surface area contributed by atoms with Crippen LogP contribution in [0.25, 0.3) is 0 Å². The lowest BCUT2D eigenvalue weighted by Gasteiger charge is -2.10. The van der Waals surface area contributed by atoms with Crippen molar-refractivity contribution in [1.82, 2.24) is 0 Å². The number of benzene rings is 2. The molecule has 0 saturated heterocycles. The monoisotopic (exact) mass is 337 g/mol. The standard InChI is InChI=1S/C18H18F3NO2/c1-13-5-2-8-16(11-13)24-10-4-9-17(23)22-15-7-3-6-14(12-15)18(19,20)21/h2-3,5-8,11-12H,4,9-10H2,1H3,(H,22,23). The van der Waals surface area contributed by atoms with E-state index >= 15 is 0 Å². The van der Waals surface area contributed by atoms with E-state index in [2.05, 4.69) is 5.32 Å². The molecule has 0 aliphatic heterocycles. The van der Waals surface area contributed by atoms with Crippen LogP contribution in [0.1, 0.15) is 24.0 Å². The van der Waals surface area contributed by atoms with Gasteiger partial charge in [-0.15, -0.1) is 0 Å². The summed E-state index contributed by atoms with van der Waals surface area (Å²) >= 11 is 0. The lowest BCUT2D eigenvalue weighted by molar-refractivity contribution is -0.137. The van der Waals surface area contributed by atoms with Crippen LogP contribution in [0.4, 0.5) is 18.9 Å². The van der Waals surface area contributed by atoms with Gasteiger partial charge in [0.05, 0.1) is 12.2 Å². The molecule has 1 amide bonds. The minimum Gasteiger partial charge on any atom is -0.494 e. The van der Waals surface area contributed by atoms with Gasteiger partial charge in [0.15, 0.2) is 0 Å². The molecule has 2 aromatic rings. The first-order chi connectivity index (χ1) is 11.3. The van der Waals surface area contributed by atoms with Gasteiger partial charge in [0.25, 0.3) is 0 Å². The minimum atomic E-state index is -4.43. The van der Waals surface area contributed by atoms with Crippen LogP contribution in [0.5, 0.6) is 5.75 Å². The molecular weight excluding hydrogens is 319 g/mol. The predicted octanol–water partition coefficient (Wildman–Crippen LogP) is 4.81. The summed E-state index contributed by atoms with van der Waals surface area (Å²) in [4.78, 5) is 11.8. The Labute approximate surface area is 138 Å². The summed E-state index contributed by atoms with van der Waals surface area (Å²) in [6.07, 6.45) is -3.79. The maximum atomic E-state index is 12.6. The minimum absolute atomic E-state index is 0.134. The van der Waals surface area contributed by atoms with Gasteiger partial charge in [0, 0.05) is 12.1 Å². The summed E-state index contributed by atoms with van der Waals surface area (Å²) in [5, 5.41) is 2.47. The number of amides is 1. The van der Waals surface area contributed by atoms with E-state index in [-0.39, 0.29) is 18.0 Å². The molecule has 0 radical (unpaired) electrons. The summed E-state index contributed by atoms with van der Waals surface area (Å²) in [7, 11) is 0. The zero-order valence-electron chi connectivity index (χ0n) is 13.2. The number of carbonyl (C=O) groups is 1. The van der Waals surface area contributed by atoms with E-state index in [1.165, 1.54) is 12.1 Å². The molecular formula is C18H18F3NO2. The molecule has 0 aliphatic rings. The number of rotatable bonds is 6. The number of nitrogens with one attached hydrogen (secondary N) is 1. The third-order valence-electron chi connectivity index (χ3n) is 3.28. The molecule has 2 rings (SSSR count). The molecule has 1 N–H and O–H groups in total. The molecule has 0 bridgehead atoms. The summed E-state index contributed by atoms with van der Waals surface area (Å²) in [6, 6.07) is 12.1. The number of anilines is 1. The van der Waals surface area contributed by atoms with Gasteiger partial charge >= 0.3 is 6.18 Å². The first-order valence-corrected chi connectivity index (χ1v) is 7.51. The average molecular weight is 337 g/mol. The average Bonchev–Trinajstić information content (AvgIpc) is 2.51. The van der Waals surface area contributed by atoms with Crippen LogP contribution in [0.3, 0.4) is 0 Å². The van der Waals surface area contributed by atoms with Gasteiger partial charge < -0.3 is 10.1 Å². The van der Waals surface area contributed by atoms with Gasteiger partial charge in [-0.2, -0.15) is 13.2 Å². The fraction of sp³-hybridized carbons (Fsp3) is 0.278. The highest BCUT2D eigenvalue weighted by molar-refractivity contribution is 5.90. The van der Waals surface area contributed by atoms with Crippen LogP contribution >= 0.6 is 0 Å². The van der Waals surface area contributed by atoms with E-state index in [9.17, 15) is 18.0 Å². The van der Waals surface area contributed by atoms with E-state index in [0.717, 1.165) is 23.4 Å². The quantitative estimate of drug-likeness (QED) is 0.768. The molecule has 0 heterocycles. The highest BCUT2D eigenvalue weighted by Gasteiger charge is 2.30. The number of ether oxygens (including phenoxy) is 1. The van der Waals surface area contributed by atoms with Gasteiger partial charge in [-0.05, 0) is 49.2 Å². The number of alkyl halides is 3. The highest BCUT2D eigenvalue weighted by Crippen LogP contribution is 2.30. The van der Waals surface area contributed by atoms with Crippen molar-refractivity contribution >= 4 is 11.6 Å². The number of aryl methyl sites for hydroxylation is 1. The summed E-state index contributed by atoms with van der Waals surface area (Å²) in [5.41, 5.74) is 0.423. The number of halogens is 3. The number of carbonyl (C=O) groups excluding carboxylic acids is 1. The topological polar surface area (TPSA) is 38.3 Å². The number of hydrogen-bond acceptors (Lipinski definition) is 2. The summed E-state index contributed by atoms with van der Waals surface area (Å²) < 4.78 is 43.4. The van der Waals surface area contributed by atoms with Gasteiger partial charge in [-0.25, -0.2) is 0 Å². The fourth-order valence-electron chi connectivity index (χ4n) is 2.12. The van der Waals surface area contributed by atoms with E-state index in [1.54, 1.807) is 0 Å². The first-order valence-electron chi connectivity index (χ1n) is 7.51. The Hall–Kier alpha value is -2.50. The molecule has 0 aliphatic carbocycles. The second-order valence-corrected chi connectivity index (χ2v) is 5.40. The zero-order chi connectivity index (χ0) is 17.6. The molecule has 0 atom stereocenters. The molecule has 0 fully saturated rings. The SMILES string of the molecule is Cc1cccc(OCCCC(=O)Nc2cccc(C(F)(F)F)c2)c1. The maximum absolute atomic E-state index is 12.6. The van der Waals surface area contributed by atoms with Crippen molar-refractivity contribution in [2.75, 3.05) is 11.9 Å². The number of hydrogen-bond donors (Lipinski definition) is 1. The Morgan fingerprint density at radius 3 is 2.58 bits per heavy atom. The Bertz CT molecular complexity index is 699. The molecule has 128 valence electrons. The van der Waals surface area contributed by atoms with E-state index in [0.29, 0.717) is 13.0 Å². The second kappa shape index (κ2) is 7.86. The summed E-state index contributed by atoms with van der Waals surface area (Å²) in [5.74, 6) is 0.385. The third kappa shape index (κ3) is 5.61. The fourth-order valence-corrected chi connectivity index (χ4v) is 2.12. The molecule has 3 nitrogen and oxygen atoms in total. The van der Waals surface area contributed by atoms with Crippen LogP contribution < -0.4 is 10.1 Å². The maximum Gasteiger partial charge on any atom is 0.416 e. The van der Waals surface area contributed by atoms with Crippen molar-refractivity contribution in [3.63, 3.8) is 0 Å². The molecule has 0 unspecified atom stereocenters. The van der Waals surface area contributed by atoms with Gasteiger partial charge in [-0.1, -0.05) is 18.2 Å². The van der Waals surface area contributed by atoms with E-state index in [4.69, 9.17) is 4.74 Å². The molecule has 0 spiro atoms. The highest BCUT2D eigenvalue weighted by atomic mass is 19.4. The predicted molar refractivity (Wildman–Crippen MR) is 86.0 cm³/mol. The molecule has 24 heavy (non-hydrogen) atoms. The lowest BCUT2D eigenvalue weighted by Crippen LogP contribution is -2.14. The van der Waals surface area contributed by atoms with Crippen LogP contribution in [-0.2, 0) is 11.0 Å². The van der Waals surface area contributed by atoms with Crippen molar-refractivity contribution in [1.29, 1.82) is 0 Å². The normalized spacial score (nSPS) is 11.2. The van der Waals surface area contributed by atoms with Gasteiger partial charge in [-0.3, -0.25) is 4.79 Å². The Balaban J connectivity index is 1.77. The molecule has 0 aromatic heterocycles. The van der Waals surface area contributed by atoms with Crippen LogP contribution in [0, 0.1) is 6.92 Å². The van der Waals surface area contributed by atoms with Gasteiger partial charge in [0.2, 0.25) is 5.91 Å². The Morgan fingerprint density at radius 2 is 1.88 bits per heavy atom. The third-order valence-corrected chi connectivity index (χ3v) is 3.28. The van der Waals surface area contributed by atoms with E-state index < -0.39 is 11.7 Å². The van der Waals surface area contributed by atoms with Crippen molar-refractivity contribution in [2.24, 2.45) is 0 Å². The van der Waals surface area contributed by atoms with Crippen LogP contribution in [0.15, 0.2) is 48.5 Å². The Morgan fingerprint density at radius 1 is 1.12 bits per heavy atom. The van der Waals surface area contributed by atoms with Crippen LogP contribution in [-0.4, -0.2) is 12.5 Å². The molecule has 6 heteroatoms. The van der Waals surface area contributed by atoms with Crippen molar-refractivity contribution in [3.05, 3.63) is 59.7 Å². The summed E-state index contributed by atoms with van der Waals surface area (Å²) in [6.45, 7) is 2.31. The lowest BCUT2D eigenvalue weighted by atomic mass is 10.2. The van der Waals surface area contributed by atoms with Crippen molar-refractivity contribution in [2.45, 2.75) is 25.9 Å². The van der Waals surface area contributed by atoms with Crippen molar-refractivity contribution < 1.29 is 22.7 Å². The van der Waals surface area contributed by atoms with Crippen LogP contribution in [0.2, 0.25) is 0 Å². The molecule has 2 aromatic carbocycles. The van der Waals surface area contributed by atoms with E-state index in [1.807, 2.05) is 31.2 Å². The zero-order valence-corrected chi connectivity index (χ0v) is 13.2. The van der Waals surface area contributed by atoms with Crippen molar-refractivity contribution in [3.8, 4) is 5.75 Å². The largest absolute Gasteiger partial charge is 0.494 e. The smallest absolute Gasteiger partial charge is 0.416 e. The second-order valence-electron chi connectivity index (χ2n) is 5.40. The molecule has 0 saturated carbocycles. The Kier molecular flexibility index (Phi) is 5.84.